The molecular formula is C24H18Cl2N4O4S. The zero-order valence-electron chi connectivity index (χ0n) is 18.5. The zero-order valence-corrected chi connectivity index (χ0v) is 20.8. The van der Waals surface area contributed by atoms with Crippen LogP contribution in [0.4, 0.5) is 5.69 Å². The summed E-state index contributed by atoms with van der Waals surface area (Å²) < 4.78 is 16.7. The van der Waals surface area contributed by atoms with Crippen molar-refractivity contribution in [2.24, 2.45) is 0 Å². The monoisotopic (exact) mass is 528 g/mol. The van der Waals surface area contributed by atoms with E-state index in [0.29, 0.717) is 55.3 Å². The van der Waals surface area contributed by atoms with Crippen molar-refractivity contribution in [3.8, 4) is 23.1 Å². The van der Waals surface area contributed by atoms with Gasteiger partial charge in [-0.3, -0.25) is 10.1 Å². The van der Waals surface area contributed by atoms with E-state index in [4.69, 9.17) is 49.6 Å². The van der Waals surface area contributed by atoms with Crippen LogP contribution in [0, 0.1) is 0 Å². The van der Waals surface area contributed by atoms with Gasteiger partial charge in [0.1, 0.15) is 12.1 Å². The highest BCUT2D eigenvalue weighted by atomic mass is 35.5. The Labute approximate surface area is 216 Å². The van der Waals surface area contributed by atoms with E-state index in [2.05, 4.69) is 20.6 Å². The fourth-order valence-electron chi connectivity index (χ4n) is 3.18. The molecule has 35 heavy (non-hydrogen) atoms. The Kier molecular flexibility index (Phi) is 7.50. The number of nitrogens with zero attached hydrogens (tertiary/aromatic N) is 2. The summed E-state index contributed by atoms with van der Waals surface area (Å²) in [6.45, 7) is 0. The predicted molar refractivity (Wildman–Crippen MR) is 139 cm³/mol. The summed E-state index contributed by atoms with van der Waals surface area (Å²) in [5.41, 5.74) is 1.47. The molecule has 0 atom stereocenters. The molecule has 0 radical (unpaired) electrons. The van der Waals surface area contributed by atoms with Crippen molar-refractivity contribution in [3.05, 3.63) is 76.5 Å². The molecular weight excluding hydrogens is 511 g/mol. The van der Waals surface area contributed by atoms with Gasteiger partial charge >= 0.3 is 0 Å². The van der Waals surface area contributed by atoms with Gasteiger partial charge in [-0.05, 0) is 48.6 Å². The quantitative estimate of drug-likeness (QED) is 0.300. The molecule has 0 spiro atoms. The van der Waals surface area contributed by atoms with Gasteiger partial charge in [-0.2, -0.15) is 0 Å². The number of thiocarbonyl (C=S) groups is 1. The van der Waals surface area contributed by atoms with Crippen LogP contribution in [-0.4, -0.2) is 35.2 Å². The summed E-state index contributed by atoms with van der Waals surface area (Å²) in [5.74, 6) is 1.27. The molecule has 0 aliphatic heterocycles. The number of anilines is 1. The molecule has 1 amide bonds. The van der Waals surface area contributed by atoms with Gasteiger partial charge < -0.3 is 19.5 Å². The van der Waals surface area contributed by atoms with Gasteiger partial charge in [-0.1, -0.05) is 35.3 Å². The maximum absolute atomic E-state index is 12.4. The lowest BCUT2D eigenvalue weighted by Gasteiger charge is -2.13. The topological polar surface area (TPSA) is 94.6 Å². The highest BCUT2D eigenvalue weighted by molar-refractivity contribution is 7.80. The Morgan fingerprint density at radius 1 is 0.914 bits per heavy atom. The van der Waals surface area contributed by atoms with E-state index in [9.17, 15) is 4.79 Å². The van der Waals surface area contributed by atoms with Crippen LogP contribution in [0.15, 0.2) is 60.9 Å². The molecule has 0 fully saturated rings. The Morgan fingerprint density at radius 3 is 2.37 bits per heavy atom. The van der Waals surface area contributed by atoms with Crippen molar-refractivity contribution in [2.45, 2.75) is 0 Å². The van der Waals surface area contributed by atoms with Crippen LogP contribution in [0.1, 0.15) is 10.4 Å². The van der Waals surface area contributed by atoms with Gasteiger partial charge in [0.15, 0.2) is 16.6 Å². The third-order valence-corrected chi connectivity index (χ3v) is 5.68. The first-order valence-corrected chi connectivity index (χ1v) is 11.3. The average molecular weight is 529 g/mol. The first-order valence-electron chi connectivity index (χ1n) is 10.1. The van der Waals surface area contributed by atoms with E-state index < -0.39 is 5.91 Å². The molecule has 178 valence electrons. The molecule has 1 aromatic heterocycles. The van der Waals surface area contributed by atoms with E-state index in [1.54, 1.807) is 61.7 Å². The van der Waals surface area contributed by atoms with Crippen molar-refractivity contribution in [1.82, 2.24) is 15.3 Å². The maximum atomic E-state index is 12.4. The van der Waals surface area contributed by atoms with Gasteiger partial charge in [0.05, 0.1) is 40.7 Å². The Morgan fingerprint density at radius 2 is 1.66 bits per heavy atom. The van der Waals surface area contributed by atoms with Crippen LogP contribution < -0.4 is 24.8 Å². The number of amides is 1. The third kappa shape index (κ3) is 5.54. The number of fused-ring (bicyclic) bond motifs is 1. The molecule has 0 unspecified atom stereocenters. The van der Waals surface area contributed by atoms with Crippen LogP contribution in [0.3, 0.4) is 0 Å². The molecule has 4 rings (SSSR count). The summed E-state index contributed by atoms with van der Waals surface area (Å²) in [7, 11) is 3.09. The highest BCUT2D eigenvalue weighted by Gasteiger charge is 2.15. The summed E-state index contributed by atoms with van der Waals surface area (Å²) >= 11 is 17.7. The second kappa shape index (κ2) is 10.7. The summed E-state index contributed by atoms with van der Waals surface area (Å²) in [6.07, 6.45) is 1.38. The predicted octanol–water partition coefficient (Wildman–Crippen LogP) is 5.87. The molecule has 0 aliphatic rings. The Hall–Kier alpha value is -3.66. The average Bonchev–Trinajstić information content (AvgIpc) is 2.85. The second-order valence-electron chi connectivity index (χ2n) is 7.04. The smallest absolute Gasteiger partial charge is 0.258 e. The first kappa shape index (κ1) is 24.5. The van der Waals surface area contributed by atoms with E-state index >= 15 is 0 Å². The van der Waals surface area contributed by atoms with Crippen LogP contribution >= 0.6 is 35.4 Å². The van der Waals surface area contributed by atoms with Gasteiger partial charge in [0.25, 0.3) is 5.91 Å². The van der Waals surface area contributed by atoms with E-state index in [0.717, 1.165) is 0 Å². The molecule has 1 heterocycles. The molecule has 11 heteroatoms. The molecule has 0 bridgehead atoms. The van der Waals surface area contributed by atoms with Crippen molar-refractivity contribution in [1.29, 1.82) is 0 Å². The minimum absolute atomic E-state index is 0.0856. The van der Waals surface area contributed by atoms with Gasteiger partial charge in [0, 0.05) is 11.8 Å². The van der Waals surface area contributed by atoms with Crippen molar-refractivity contribution in [3.63, 3.8) is 0 Å². The lowest BCUT2D eigenvalue weighted by Crippen LogP contribution is -2.34. The van der Waals surface area contributed by atoms with Gasteiger partial charge in [-0.15, -0.1) is 0 Å². The molecule has 0 saturated heterocycles. The number of benzene rings is 3. The van der Waals surface area contributed by atoms with Crippen LogP contribution in [0.2, 0.25) is 10.0 Å². The number of aromatic nitrogens is 2. The Bertz CT molecular complexity index is 1430. The molecule has 2 N–H and O–H groups in total. The number of halogens is 2. The number of carbonyl (C=O) groups excluding carboxylic acids is 1. The number of nitrogens with one attached hydrogen (secondary N) is 2. The zero-order chi connectivity index (χ0) is 24.9. The maximum Gasteiger partial charge on any atom is 0.258 e. The largest absolute Gasteiger partial charge is 0.493 e. The van der Waals surface area contributed by atoms with Crippen molar-refractivity contribution < 1.29 is 19.0 Å². The first-order chi connectivity index (χ1) is 16.9. The minimum atomic E-state index is -0.429. The van der Waals surface area contributed by atoms with Crippen molar-refractivity contribution in [2.75, 3.05) is 19.5 Å². The Balaban J connectivity index is 1.50. The van der Waals surface area contributed by atoms with Crippen LogP contribution in [0.25, 0.3) is 10.9 Å². The van der Waals surface area contributed by atoms with E-state index in [-0.39, 0.29) is 5.11 Å². The number of ether oxygens (including phenoxy) is 3. The third-order valence-electron chi connectivity index (χ3n) is 4.85. The summed E-state index contributed by atoms with van der Waals surface area (Å²) in [5, 5.41) is 6.82. The van der Waals surface area contributed by atoms with Crippen molar-refractivity contribution >= 4 is 63.0 Å². The van der Waals surface area contributed by atoms with Crippen LogP contribution in [0.5, 0.6) is 23.1 Å². The fraction of sp³-hybridized carbons (Fsp3) is 0.0833. The van der Waals surface area contributed by atoms with Crippen LogP contribution in [-0.2, 0) is 0 Å². The lowest BCUT2D eigenvalue weighted by atomic mass is 10.2. The fourth-order valence-corrected chi connectivity index (χ4v) is 3.84. The molecule has 4 aromatic rings. The number of hydrogen-bond donors (Lipinski definition) is 2. The van der Waals surface area contributed by atoms with Gasteiger partial charge in [0.2, 0.25) is 5.88 Å². The normalized spacial score (nSPS) is 10.5. The number of carbonyl (C=O) groups is 1. The molecule has 3 aromatic carbocycles. The highest BCUT2D eigenvalue weighted by Crippen LogP contribution is 2.37. The number of methoxy groups -OCH3 is 2. The number of rotatable bonds is 6. The standard InChI is InChI=1S/C24H18Cl2N4O4S/c1-32-20-10-15-18(11-21(20)33-2)27-12-28-23(15)34-19-8-7-13(9-17(19)26)29-24(35)30-22(31)14-5-3-4-6-16(14)25/h3-12H,1-2H3,(H2,29,30,31,35). The number of hydrogen-bond acceptors (Lipinski definition) is 7. The molecule has 0 aliphatic carbocycles. The van der Waals surface area contributed by atoms with E-state index in [1.807, 2.05) is 0 Å². The van der Waals surface area contributed by atoms with E-state index in [1.165, 1.54) is 13.4 Å². The molecule has 0 saturated carbocycles. The summed E-state index contributed by atoms with van der Waals surface area (Å²) in [6, 6.07) is 15.1. The van der Waals surface area contributed by atoms with Gasteiger partial charge in [-0.25, -0.2) is 9.97 Å². The second-order valence-corrected chi connectivity index (χ2v) is 8.26. The molecule has 8 nitrogen and oxygen atoms in total. The minimum Gasteiger partial charge on any atom is -0.493 e. The SMILES string of the molecule is COc1cc2ncnc(Oc3ccc(NC(=S)NC(=O)c4ccccc4Cl)cc3Cl)c2cc1OC. The summed E-state index contributed by atoms with van der Waals surface area (Å²) in [4.78, 5) is 20.9. The lowest BCUT2D eigenvalue weighted by molar-refractivity contribution is 0.0978.